The van der Waals surface area contributed by atoms with Gasteiger partial charge in [0.1, 0.15) is 28.3 Å². The van der Waals surface area contributed by atoms with E-state index in [0.717, 1.165) is 5.56 Å². The minimum Gasteiger partial charge on any atom is -0.508 e. The number of nitrogens with one attached hydrogen (secondary N) is 1. The van der Waals surface area contributed by atoms with Gasteiger partial charge in [-0.15, -0.1) is 11.3 Å². The van der Waals surface area contributed by atoms with Crippen molar-refractivity contribution in [3.05, 3.63) is 58.7 Å². The molecule has 0 aliphatic carbocycles. The summed E-state index contributed by atoms with van der Waals surface area (Å²) in [5, 5.41) is 33.5. The van der Waals surface area contributed by atoms with Gasteiger partial charge in [0.25, 0.3) is 0 Å². The normalized spacial score (nSPS) is 10.3. The molecule has 0 saturated heterocycles. The Morgan fingerprint density at radius 3 is 2.81 bits per heavy atom. The average molecular weight is 380 g/mol. The van der Waals surface area contributed by atoms with Crippen molar-refractivity contribution in [2.75, 3.05) is 6.54 Å². The van der Waals surface area contributed by atoms with E-state index in [4.69, 9.17) is 5.26 Å². The summed E-state index contributed by atoms with van der Waals surface area (Å²) in [6, 6.07) is 10.2. The smallest absolute Gasteiger partial charge is 0.226 e. The second-order valence-electron chi connectivity index (χ2n) is 5.75. The Balaban J connectivity index is 1.57. The Morgan fingerprint density at radius 1 is 1.26 bits per heavy atom. The van der Waals surface area contributed by atoms with Crippen LogP contribution in [0.3, 0.4) is 0 Å². The van der Waals surface area contributed by atoms with Crippen molar-refractivity contribution in [2.45, 2.75) is 12.8 Å². The van der Waals surface area contributed by atoms with Crippen LogP contribution in [0.15, 0.2) is 41.9 Å². The second kappa shape index (κ2) is 8.29. The number of phenolic OH excluding ortho intramolecular Hbond substituents is 1. The van der Waals surface area contributed by atoms with Crippen molar-refractivity contribution in [1.82, 2.24) is 15.3 Å². The molecule has 0 saturated carbocycles. The lowest BCUT2D eigenvalue weighted by molar-refractivity contribution is -0.120. The number of carbonyl (C=O) groups is 1. The van der Waals surface area contributed by atoms with E-state index in [1.54, 1.807) is 17.5 Å². The Bertz CT molecular complexity index is 1010. The van der Waals surface area contributed by atoms with Crippen LogP contribution in [0.5, 0.6) is 11.5 Å². The molecule has 0 aliphatic heterocycles. The summed E-state index contributed by atoms with van der Waals surface area (Å²) in [4.78, 5) is 20.5. The van der Waals surface area contributed by atoms with Crippen LogP contribution in [0, 0.1) is 11.3 Å². The quantitative estimate of drug-likeness (QED) is 0.604. The summed E-state index contributed by atoms with van der Waals surface area (Å²) >= 11 is 1.27. The van der Waals surface area contributed by atoms with Crippen LogP contribution in [-0.2, 0) is 17.6 Å². The van der Waals surface area contributed by atoms with Gasteiger partial charge in [-0.3, -0.25) is 4.79 Å². The summed E-state index contributed by atoms with van der Waals surface area (Å²) < 4.78 is 0. The molecule has 0 fully saturated rings. The van der Waals surface area contributed by atoms with Crippen molar-refractivity contribution in [2.24, 2.45) is 0 Å². The number of amides is 1. The van der Waals surface area contributed by atoms with Gasteiger partial charge in [-0.05, 0) is 18.1 Å². The molecule has 3 N–H and O–H groups in total. The SMILES string of the molecule is N#Cc1cnc(-c2nc(CC(=O)NCCc3ccccc3O)cs2)c(O)c1. The fraction of sp³-hybridized carbons (Fsp3) is 0.158. The zero-order chi connectivity index (χ0) is 19.2. The van der Waals surface area contributed by atoms with Crippen LogP contribution in [0.1, 0.15) is 16.8 Å². The third kappa shape index (κ3) is 4.59. The van der Waals surface area contributed by atoms with Gasteiger partial charge in [-0.1, -0.05) is 18.2 Å². The average Bonchev–Trinajstić information content (AvgIpc) is 3.11. The number of nitriles is 1. The lowest BCUT2D eigenvalue weighted by Gasteiger charge is -2.06. The van der Waals surface area contributed by atoms with E-state index in [2.05, 4.69) is 15.3 Å². The van der Waals surface area contributed by atoms with Gasteiger partial charge >= 0.3 is 0 Å². The van der Waals surface area contributed by atoms with Crippen molar-refractivity contribution < 1.29 is 15.0 Å². The highest BCUT2D eigenvalue weighted by Crippen LogP contribution is 2.30. The number of para-hydroxylation sites is 1. The zero-order valence-electron chi connectivity index (χ0n) is 14.2. The van der Waals surface area contributed by atoms with Crippen LogP contribution >= 0.6 is 11.3 Å². The Kier molecular flexibility index (Phi) is 5.64. The highest BCUT2D eigenvalue weighted by atomic mass is 32.1. The van der Waals surface area contributed by atoms with Crippen LogP contribution in [0.4, 0.5) is 0 Å². The number of rotatable bonds is 6. The van der Waals surface area contributed by atoms with E-state index < -0.39 is 0 Å². The molecular weight excluding hydrogens is 364 g/mol. The first-order valence-corrected chi connectivity index (χ1v) is 9.02. The molecule has 0 atom stereocenters. The highest BCUT2D eigenvalue weighted by Gasteiger charge is 2.13. The lowest BCUT2D eigenvalue weighted by atomic mass is 10.1. The van der Waals surface area contributed by atoms with Crippen LogP contribution < -0.4 is 5.32 Å². The molecule has 0 unspecified atom stereocenters. The van der Waals surface area contributed by atoms with E-state index in [1.165, 1.54) is 23.6 Å². The third-order valence-electron chi connectivity index (χ3n) is 3.80. The molecule has 136 valence electrons. The van der Waals surface area contributed by atoms with Gasteiger partial charge in [0.15, 0.2) is 0 Å². The van der Waals surface area contributed by atoms with Crippen molar-refractivity contribution in [1.29, 1.82) is 5.26 Å². The number of aromatic nitrogens is 2. The predicted molar refractivity (Wildman–Crippen MR) is 100 cm³/mol. The number of benzene rings is 1. The first kappa shape index (κ1) is 18.4. The van der Waals surface area contributed by atoms with Gasteiger partial charge in [0.2, 0.25) is 5.91 Å². The van der Waals surface area contributed by atoms with Crippen LogP contribution in [0.2, 0.25) is 0 Å². The number of hydrogen-bond acceptors (Lipinski definition) is 7. The Labute approximate surface area is 159 Å². The number of hydrogen-bond donors (Lipinski definition) is 3. The van der Waals surface area contributed by atoms with Crippen molar-refractivity contribution >= 4 is 17.2 Å². The van der Waals surface area contributed by atoms with Gasteiger partial charge < -0.3 is 15.5 Å². The number of nitrogens with zero attached hydrogens (tertiary/aromatic N) is 3. The highest BCUT2D eigenvalue weighted by molar-refractivity contribution is 7.13. The molecule has 1 aromatic carbocycles. The van der Waals surface area contributed by atoms with E-state index in [0.29, 0.717) is 23.7 Å². The van der Waals surface area contributed by atoms with E-state index in [-0.39, 0.29) is 35.1 Å². The first-order valence-electron chi connectivity index (χ1n) is 8.14. The summed E-state index contributed by atoms with van der Waals surface area (Å²) in [5.41, 5.74) is 1.89. The summed E-state index contributed by atoms with van der Waals surface area (Å²) in [7, 11) is 0. The molecule has 8 heteroatoms. The molecule has 7 nitrogen and oxygen atoms in total. The van der Waals surface area contributed by atoms with Crippen LogP contribution in [0.25, 0.3) is 10.7 Å². The molecule has 2 aromatic heterocycles. The van der Waals surface area contributed by atoms with Gasteiger partial charge in [0.05, 0.1) is 17.7 Å². The van der Waals surface area contributed by atoms with E-state index in [9.17, 15) is 15.0 Å². The van der Waals surface area contributed by atoms with Crippen LogP contribution in [-0.4, -0.2) is 32.6 Å². The number of pyridine rings is 1. The molecule has 0 spiro atoms. The lowest BCUT2D eigenvalue weighted by Crippen LogP contribution is -2.27. The molecule has 3 rings (SSSR count). The molecule has 27 heavy (non-hydrogen) atoms. The van der Waals surface area contributed by atoms with Gasteiger partial charge in [0, 0.05) is 24.2 Å². The van der Waals surface area contributed by atoms with E-state index in [1.807, 2.05) is 18.2 Å². The number of carbonyl (C=O) groups excluding carboxylic acids is 1. The van der Waals surface area contributed by atoms with Gasteiger partial charge in [-0.25, -0.2) is 9.97 Å². The topological polar surface area (TPSA) is 119 Å². The fourth-order valence-corrected chi connectivity index (χ4v) is 3.28. The maximum absolute atomic E-state index is 12.1. The largest absolute Gasteiger partial charge is 0.508 e. The molecule has 0 radical (unpaired) electrons. The standard InChI is InChI=1S/C19H16N4O3S/c20-9-12-7-16(25)18(22-10-12)19-23-14(11-27-19)8-17(26)21-6-5-13-3-1-2-4-15(13)24/h1-4,7,10-11,24-25H,5-6,8H2,(H,21,26). The Hall–Kier alpha value is -3.44. The van der Waals surface area contributed by atoms with Crippen molar-refractivity contribution in [3.63, 3.8) is 0 Å². The number of phenols is 1. The monoisotopic (exact) mass is 380 g/mol. The maximum Gasteiger partial charge on any atom is 0.226 e. The predicted octanol–water partition coefficient (Wildman–Crippen LogP) is 2.39. The third-order valence-corrected chi connectivity index (χ3v) is 4.70. The maximum atomic E-state index is 12.1. The Morgan fingerprint density at radius 2 is 2.07 bits per heavy atom. The van der Waals surface area contributed by atoms with E-state index >= 15 is 0 Å². The molecule has 1 amide bonds. The summed E-state index contributed by atoms with van der Waals surface area (Å²) in [5.74, 6) is -0.0908. The number of thiazole rings is 1. The molecule has 0 bridgehead atoms. The fourth-order valence-electron chi connectivity index (χ4n) is 2.46. The molecular formula is C19H16N4O3S. The first-order chi connectivity index (χ1) is 13.1. The minimum absolute atomic E-state index is 0.105. The second-order valence-corrected chi connectivity index (χ2v) is 6.61. The minimum atomic E-state index is -0.181. The van der Waals surface area contributed by atoms with Gasteiger partial charge in [-0.2, -0.15) is 5.26 Å². The summed E-state index contributed by atoms with van der Waals surface area (Å²) in [6.45, 7) is 0.408. The molecule has 3 aromatic rings. The zero-order valence-corrected chi connectivity index (χ0v) is 15.0. The summed E-state index contributed by atoms with van der Waals surface area (Å²) in [6.07, 6.45) is 2.00. The number of aromatic hydroxyl groups is 2. The molecule has 2 heterocycles. The van der Waals surface area contributed by atoms with Crippen molar-refractivity contribution in [3.8, 4) is 28.3 Å². The molecule has 0 aliphatic rings.